The molecule has 0 aliphatic heterocycles. The number of aliphatic carboxylic acids is 1. The molecule has 142 valence electrons. The zero-order chi connectivity index (χ0) is 19.4. The number of nitrogen functional groups attached to an aromatic ring is 1. The molecule has 3 rings (SSSR count). The molecule has 0 bridgehead atoms. The van der Waals surface area contributed by atoms with Crippen LogP contribution in [0.2, 0.25) is 0 Å². The number of hydrogen-bond acceptors (Lipinski definition) is 8. The average Bonchev–Trinajstić information content (AvgIpc) is 3.00. The normalized spacial score (nSPS) is 10.9. The molecule has 0 aliphatic rings. The van der Waals surface area contributed by atoms with Crippen molar-refractivity contribution in [2.45, 2.75) is 12.8 Å². The average molecular weight is 409 g/mol. The number of alkyl halides is 1. The summed E-state index contributed by atoms with van der Waals surface area (Å²) < 4.78 is 11.1. The van der Waals surface area contributed by atoms with Gasteiger partial charge in [0.2, 0.25) is 0 Å². The van der Waals surface area contributed by atoms with Gasteiger partial charge in [-0.15, -0.1) is 22.9 Å². The molecule has 3 aromatic rings. The largest absolute Gasteiger partial charge is 0.493 e. The number of thiazole rings is 1. The van der Waals surface area contributed by atoms with E-state index in [0.717, 1.165) is 11.3 Å². The number of carboxylic acid groups (broad SMARTS) is 1. The SMILES string of the molecule is COc1cc2c(-c3nc(N)sc3CC(=O)O)ncnc2cc1OCCCCl. The summed E-state index contributed by atoms with van der Waals surface area (Å²) in [6.45, 7) is 0.453. The molecule has 0 unspecified atom stereocenters. The van der Waals surface area contributed by atoms with E-state index in [1.54, 1.807) is 12.1 Å². The van der Waals surface area contributed by atoms with Crippen LogP contribution in [0.5, 0.6) is 11.5 Å². The molecule has 1 aromatic carbocycles. The Morgan fingerprint density at radius 1 is 1.30 bits per heavy atom. The summed E-state index contributed by atoms with van der Waals surface area (Å²) in [6.07, 6.45) is 1.91. The number of ether oxygens (including phenoxy) is 2. The number of anilines is 1. The summed E-state index contributed by atoms with van der Waals surface area (Å²) in [5.41, 5.74) is 7.35. The van der Waals surface area contributed by atoms with Crippen molar-refractivity contribution in [1.82, 2.24) is 15.0 Å². The van der Waals surface area contributed by atoms with E-state index in [1.165, 1.54) is 13.4 Å². The van der Waals surface area contributed by atoms with Crippen molar-refractivity contribution in [3.63, 3.8) is 0 Å². The third-order valence-corrected chi connectivity index (χ3v) is 4.86. The summed E-state index contributed by atoms with van der Waals surface area (Å²) in [7, 11) is 1.54. The molecule has 0 radical (unpaired) electrons. The van der Waals surface area contributed by atoms with Crippen LogP contribution >= 0.6 is 22.9 Å². The first-order valence-corrected chi connectivity index (χ1v) is 9.37. The first kappa shape index (κ1) is 19.1. The third-order valence-electron chi connectivity index (χ3n) is 3.71. The number of fused-ring (bicyclic) bond motifs is 1. The fourth-order valence-corrected chi connectivity index (χ4v) is 3.51. The lowest BCUT2D eigenvalue weighted by Gasteiger charge is -2.12. The third kappa shape index (κ3) is 4.20. The van der Waals surface area contributed by atoms with Crippen molar-refractivity contribution in [2.24, 2.45) is 0 Å². The minimum absolute atomic E-state index is 0.188. The number of carbonyl (C=O) groups is 1. The second-order valence-corrected chi connectivity index (χ2v) is 7.02. The number of benzene rings is 1. The van der Waals surface area contributed by atoms with Crippen LogP contribution in [-0.2, 0) is 11.2 Å². The highest BCUT2D eigenvalue weighted by Gasteiger charge is 2.20. The van der Waals surface area contributed by atoms with E-state index in [0.29, 0.717) is 57.6 Å². The quantitative estimate of drug-likeness (QED) is 0.431. The molecule has 0 saturated heterocycles. The molecule has 8 nitrogen and oxygen atoms in total. The fraction of sp³-hybridized carbons (Fsp3) is 0.294. The molecule has 0 amide bonds. The zero-order valence-corrected chi connectivity index (χ0v) is 16.0. The van der Waals surface area contributed by atoms with Crippen LogP contribution in [0.4, 0.5) is 5.13 Å². The second-order valence-electron chi connectivity index (χ2n) is 5.53. The van der Waals surface area contributed by atoms with Crippen molar-refractivity contribution < 1.29 is 19.4 Å². The minimum atomic E-state index is -0.967. The standard InChI is InChI=1S/C17H17ClN4O4S/c1-25-11-5-9-10(6-12(11)26-4-2-3-18)20-8-21-15(9)16-13(7-14(23)24)27-17(19)22-16/h5-6,8H,2-4,7H2,1H3,(H2,19,22)(H,23,24). The lowest BCUT2D eigenvalue weighted by atomic mass is 10.1. The Labute approximate surface area is 163 Å². The Bertz CT molecular complexity index is 979. The molecule has 2 heterocycles. The minimum Gasteiger partial charge on any atom is -0.493 e. The molecule has 0 aliphatic carbocycles. The molecule has 27 heavy (non-hydrogen) atoms. The Morgan fingerprint density at radius 2 is 2.11 bits per heavy atom. The molecule has 0 saturated carbocycles. The van der Waals surface area contributed by atoms with Crippen LogP contribution in [0.25, 0.3) is 22.3 Å². The molecule has 0 fully saturated rings. The molecule has 10 heteroatoms. The highest BCUT2D eigenvalue weighted by Crippen LogP contribution is 2.37. The van der Waals surface area contributed by atoms with Gasteiger partial charge in [0, 0.05) is 22.2 Å². The Balaban J connectivity index is 2.11. The maximum absolute atomic E-state index is 11.2. The molecular weight excluding hydrogens is 392 g/mol. The molecule has 0 spiro atoms. The molecular formula is C17H17ClN4O4S. The van der Waals surface area contributed by atoms with Gasteiger partial charge in [-0.2, -0.15) is 0 Å². The highest BCUT2D eigenvalue weighted by atomic mass is 35.5. The lowest BCUT2D eigenvalue weighted by molar-refractivity contribution is -0.136. The summed E-state index contributed by atoms with van der Waals surface area (Å²) in [5.74, 6) is 0.588. The predicted octanol–water partition coefficient (Wildman–Crippen LogP) is 2.98. The van der Waals surface area contributed by atoms with Crippen molar-refractivity contribution in [2.75, 3.05) is 25.3 Å². The first-order chi connectivity index (χ1) is 13.0. The summed E-state index contributed by atoms with van der Waals surface area (Å²) in [6, 6.07) is 3.50. The van der Waals surface area contributed by atoms with Gasteiger partial charge >= 0.3 is 5.97 Å². The van der Waals surface area contributed by atoms with Gasteiger partial charge in [-0.3, -0.25) is 4.79 Å². The van der Waals surface area contributed by atoms with E-state index in [1.807, 2.05) is 0 Å². The Kier molecular flexibility index (Phi) is 5.92. The van der Waals surface area contributed by atoms with Crippen molar-refractivity contribution >= 4 is 44.9 Å². The number of carboxylic acids is 1. The number of aromatic nitrogens is 3. The van der Waals surface area contributed by atoms with E-state index in [4.69, 9.17) is 31.9 Å². The van der Waals surface area contributed by atoms with Gasteiger partial charge in [-0.05, 0) is 12.5 Å². The van der Waals surface area contributed by atoms with Crippen LogP contribution in [0.3, 0.4) is 0 Å². The maximum Gasteiger partial charge on any atom is 0.308 e. The van der Waals surface area contributed by atoms with E-state index < -0.39 is 5.97 Å². The van der Waals surface area contributed by atoms with Gasteiger partial charge in [-0.25, -0.2) is 15.0 Å². The molecule has 3 N–H and O–H groups in total. The fourth-order valence-electron chi connectivity index (χ4n) is 2.57. The van der Waals surface area contributed by atoms with Crippen molar-refractivity contribution in [3.05, 3.63) is 23.3 Å². The summed E-state index contributed by atoms with van der Waals surface area (Å²) in [4.78, 5) is 24.6. The van der Waals surface area contributed by atoms with E-state index >= 15 is 0 Å². The topological polar surface area (TPSA) is 120 Å². The van der Waals surface area contributed by atoms with Crippen LogP contribution in [0.1, 0.15) is 11.3 Å². The van der Waals surface area contributed by atoms with Crippen LogP contribution in [0, 0.1) is 0 Å². The molecule has 0 atom stereocenters. The van der Waals surface area contributed by atoms with Gasteiger partial charge in [0.1, 0.15) is 17.7 Å². The molecule has 2 aromatic heterocycles. The number of hydrogen-bond donors (Lipinski definition) is 2. The van der Waals surface area contributed by atoms with E-state index in [-0.39, 0.29) is 11.6 Å². The maximum atomic E-state index is 11.2. The Morgan fingerprint density at radius 3 is 2.81 bits per heavy atom. The Hall–Kier alpha value is -2.65. The predicted molar refractivity (Wildman–Crippen MR) is 104 cm³/mol. The summed E-state index contributed by atoms with van der Waals surface area (Å²) in [5, 5.41) is 10.1. The van der Waals surface area contributed by atoms with Gasteiger partial charge in [0.15, 0.2) is 16.6 Å². The zero-order valence-electron chi connectivity index (χ0n) is 14.4. The number of rotatable bonds is 8. The van der Waals surface area contributed by atoms with Crippen LogP contribution in [0.15, 0.2) is 18.5 Å². The van der Waals surface area contributed by atoms with E-state index in [9.17, 15) is 4.79 Å². The van der Waals surface area contributed by atoms with Gasteiger partial charge in [-0.1, -0.05) is 0 Å². The van der Waals surface area contributed by atoms with Crippen molar-refractivity contribution in [3.8, 4) is 22.9 Å². The lowest BCUT2D eigenvalue weighted by Crippen LogP contribution is -2.02. The monoisotopic (exact) mass is 408 g/mol. The van der Waals surface area contributed by atoms with Crippen LogP contribution < -0.4 is 15.2 Å². The van der Waals surface area contributed by atoms with Gasteiger partial charge in [0.25, 0.3) is 0 Å². The van der Waals surface area contributed by atoms with Crippen molar-refractivity contribution in [1.29, 1.82) is 0 Å². The number of halogens is 1. The van der Waals surface area contributed by atoms with E-state index in [2.05, 4.69) is 15.0 Å². The van der Waals surface area contributed by atoms with Gasteiger partial charge in [0.05, 0.1) is 25.7 Å². The van der Waals surface area contributed by atoms with Gasteiger partial charge < -0.3 is 20.3 Å². The summed E-state index contributed by atoms with van der Waals surface area (Å²) >= 11 is 6.82. The second kappa shape index (κ2) is 8.36. The number of methoxy groups -OCH3 is 1. The van der Waals surface area contributed by atoms with Crippen LogP contribution in [-0.4, -0.2) is 45.6 Å². The number of nitrogens with zero attached hydrogens (tertiary/aromatic N) is 3. The highest BCUT2D eigenvalue weighted by molar-refractivity contribution is 7.15. The smallest absolute Gasteiger partial charge is 0.308 e. The number of nitrogens with two attached hydrogens (primary N) is 1. The first-order valence-electron chi connectivity index (χ1n) is 8.02.